The lowest BCUT2D eigenvalue weighted by molar-refractivity contribution is -0.384. The third-order valence-corrected chi connectivity index (χ3v) is 5.51. The zero-order valence-electron chi connectivity index (χ0n) is 17.0. The number of esters is 1. The minimum Gasteiger partial charge on any atom is -0.494 e. The zero-order chi connectivity index (χ0) is 22.5. The molecule has 1 heterocycles. The highest BCUT2D eigenvalue weighted by Gasteiger charge is 2.47. The minimum absolute atomic E-state index is 0.0682. The van der Waals surface area contributed by atoms with Gasteiger partial charge in [0, 0.05) is 12.6 Å². The van der Waals surface area contributed by atoms with Crippen molar-refractivity contribution in [1.29, 1.82) is 0 Å². The first-order valence-electron chi connectivity index (χ1n) is 9.95. The fourth-order valence-corrected chi connectivity index (χ4v) is 3.96. The number of non-ortho nitro benzene ring substituents is 1. The molecule has 3 rings (SSSR count). The van der Waals surface area contributed by atoms with Crippen molar-refractivity contribution >= 4 is 35.1 Å². The van der Waals surface area contributed by atoms with E-state index in [0.717, 1.165) is 23.8 Å². The Morgan fingerprint density at radius 1 is 1.19 bits per heavy atom. The highest BCUT2D eigenvalue weighted by molar-refractivity contribution is 6.05. The maximum Gasteiger partial charge on any atom is 0.308 e. The highest BCUT2D eigenvalue weighted by Crippen LogP contribution is 2.38. The predicted octanol–water partition coefficient (Wildman–Crippen LogP) is 1.65. The molecule has 0 radical (unpaired) electrons. The smallest absolute Gasteiger partial charge is 0.308 e. The van der Waals surface area contributed by atoms with Gasteiger partial charge < -0.3 is 14.8 Å². The average molecular weight is 433 g/mol. The van der Waals surface area contributed by atoms with Gasteiger partial charge in [0.05, 0.1) is 42.0 Å². The number of hydrogen-bond donors (Lipinski definition) is 1. The molecule has 11 heteroatoms. The summed E-state index contributed by atoms with van der Waals surface area (Å²) < 4.78 is 9.93. The third kappa shape index (κ3) is 4.98. The average Bonchev–Trinajstić information content (AvgIpc) is 3.01. The summed E-state index contributed by atoms with van der Waals surface area (Å²) in [5.41, 5.74) is -0.0165. The zero-order valence-corrected chi connectivity index (χ0v) is 17.0. The quantitative estimate of drug-likeness (QED) is 0.282. The van der Waals surface area contributed by atoms with E-state index in [1.54, 1.807) is 0 Å². The Bertz CT molecular complexity index is 892. The molecule has 0 bridgehead atoms. The number of nitrogens with one attached hydrogen (secondary N) is 1. The van der Waals surface area contributed by atoms with Crippen molar-refractivity contribution in [3.63, 3.8) is 0 Å². The molecule has 1 aliphatic heterocycles. The van der Waals surface area contributed by atoms with E-state index < -0.39 is 23.4 Å². The number of anilines is 1. The van der Waals surface area contributed by atoms with Crippen molar-refractivity contribution in [3.05, 3.63) is 28.3 Å². The van der Waals surface area contributed by atoms with Crippen LogP contribution in [0.3, 0.4) is 0 Å². The molecular weight excluding hydrogens is 410 g/mol. The van der Waals surface area contributed by atoms with Gasteiger partial charge in [-0.25, -0.2) is 0 Å². The topological polar surface area (TPSA) is 145 Å². The van der Waals surface area contributed by atoms with Crippen molar-refractivity contribution < 1.29 is 33.6 Å². The Morgan fingerprint density at radius 2 is 1.84 bits per heavy atom. The largest absolute Gasteiger partial charge is 0.494 e. The van der Waals surface area contributed by atoms with E-state index in [9.17, 15) is 29.3 Å². The molecule has 1 aliphatic carbocycles. The minimum atomic E-state index is -0.721. The van der Waals surface area contributed by atoms with Gasteiger partial charge in [0.15, 0.2) is 6.61 Å². The predicted molar refractivity (Wildman–Crippen MR) is 106 cm³/mol. The van der Waals surface area contributed by atoms with Gasteiger partial charge >= 0.3 is 5.97 Å². The SMILES string of the molecule is COc1cc([N+](=O)[O-])ccc1NC(=O)COC(=O)CCN1C(=O)[C@H]2CCCC[C@H]2C1=O. The monoisotopic (exact) mass is 433 g/mol. The van der Waals surface area contributed by atoms with Gasteiger partial charge in [-0.1, -0.05) is 12.8 Å². The molecule has 1 saturated carbocycles. The number of benzene rings is 1. The van der Waals surface area contributed by atoms with Gasteiger partial charge in [-0.2, -0.15) is 0 Å². The van der Waals surface area contributed by atoms with Crippen LogP contribution >= 0.6 is 0 Å². The van der Waals surface area contributed by atoms with Crippen LogP contribution in [0.4, 0.5) is 11.4 Å². The fourth-order valence-electron chi connectivity index (χ4n) is 3.96. The lowest BCUT2D eigenvalue weighted by Crippen LogP contribution is -2.33. The number of nitrogens with zero attached hydrogens (tertiary/aromatic N) is 2. The first kappa shape index (κ1) is 22.2. The molecule has 166 valence electrons. The molecule has 2 fully saturated rings. The number of rotatable bonds is 8. The molecule has 3 amide bonds. The van der Waals surface area contributed by atoms with E-state index in [4.69, 9.17) is 9.47 Å². The van der Waals surface area contributed by atoms with Crippen molar-refractivity contribution in [2.24, 2.45) is 11.8 Å². The van der Waals surface area contributed by atoms with E-state index in [1.165, 1.54) is 19.2 Å². The maximum absolute atomic E-state index is 12.4. The number of carbonyl (C=O) groups excluding carboxylic acids is 4. The van der Waals surface area contributed by atoms with Crippen LogP contribution in [-0.2, 0) is 23.9 Å². The Hall–Kier alpha value is -3.50. The highest BCUT2D eigenvalue weighted by atomic mass is 16.6. The van der Waals surface area contributed by atoms with Gasteiger partial charge in [0.2, 0.25) is 11.8 Å². The molecule has 2 atom stereocenters. The second-order valence-corrected chi connectivity index (χ2v) is 7.43. The van der Waals surface area contributed by atoms with Gasteiger partial charge in [-0.3, -0.25) is 34.2 Å². The lowest BCUT2D eigenvalue weighted by atomic mass is 9.81. The molecule has 1 aromatic rings. The number of carbonyl (C=O) groups is 4. The summed E-state index contributed by atoms with van der Waals surface area (Å²) in [6.45, 7) is -0.659. The van der Waals surface area contributed by atoms with E-state index in [-0.39, 0.29) is 53.7 Å². The summed E-state index contributed by atoms with van der Waals surface area (Å²) in [6.07, 6.45) is 3.03. The fraction of sp³-hybridized carbons (Fsp3) is 0.500. The molecule has 2 aliphatic rings. The van der Waals surface area contributed by atoms with Crippen LogP contribution in [-0.4, -0.2) is 53.8 Å². The normalized spacial score (nSPS) is 20.2. The number of hydrogen-bond acceptors (Lipinski definition) is 8. The summed E-state index contributed by atoms with van der Waals surface area (Å²) >= 11 is 0. The van der Waals surface area contributed by atoms with Gasteiger partial charge in [-0.05, 0) is 18.9 Å². The van der Waals surface area contributed by atoms with Crippen LogP contribution in [0.1, 0.15) is 32.1 Å². The van der Waals surface area contributed by atoms with Gasteiger partial charge in [-0.15, -0.1) is 0 Å². The van der Waals surface area contributed by atoms with Crippen LogP contribution in [0.5, 0.6) is 5.75 Å². The van der Waals surface area contributed by atoms with Crippen molar-refractivity contribution in [2.75, 3.05) is 25.6 Å². The van der Waals surface area contributed by atoms with Crippen LogP contribution in [0.15, 0.2) is 18.2 Å². The number of amides is 3. The molecule has 1 N–H and O–H groups in total. The first-order chi connectivity index (χ1) is 14.8. The van der Waals surface area contributed by atoms with Gasteiger partial charge in [0.1, 0.15) is 5.75 Å². The third-order valence-electron chi connectivity index (χ3n) is 5.51. The van der Waals surface area contributed by atoms with Crippen LogP contribution < -0.4 is 10.1 Å². The lowest BCUT2D eigenvalue weighted by Gasteiger charge is -2.19. The maximum atomic E-state index is 12.4. The van der Waals surface area contributed by atoms with E-state index in [0.29, 0.717) is 12.8 Å². The van der Waals surface area contributed by atoms with Crippen molar-refractivity contribution in [3.8, 4) is 5.75 Å². The summed E-state index contributed by atoms with van der Waals surface area (Å²) in [7, 11) is 1.30. The summed E-state index contributed by atoms with van der Waals surface area (Å²) in [6, 6.07) is 3.66. The van der Waals surface area contributed by atoms with E-state index in [1.807, 2.05) is 0 Å². The van der Waals surface area contributed by atoms with Crippen molar-refractivity contribution in [2.45, 2.75) is 32.1 Å². The standard InChI is InChI=1S/C20H23N3O8/c1-30-16-10-12(23(28)29)6-7-15(16)21-17(24)11-31-18(25)8-9-22-19(26)13-4-2-3-5-14(13)20(22)27/h6-7,10,13-14H,2-5,8-9,11H2,1H3,(H,21,24)/t13-,14+. The second-order valence-electron chi connectivity index (χ2n) is 7.43. The summed E-state index contributed by atoms with van der Waals surface area (Å²) in [4.78, 5) is 60.1. The van der Waals surface area contributed by atoms with E-state index in [2.05, 4.69) is 5.32 Å². The Balaban J connectivity index is 1.47. The molecule has 0 aromatic heterocycles. The number of likely N-dealkylation sites (tertiary alicyclic amines) is 1. The number of nitro groups is 1. The molecular formula is C20H23N3O8. The number of imide groups is 1. The van der Waals surface area contributed by atoms with Gasteiger partial charge in [0.25, 0.3) is 11.6 Å². The summed E-state index contributed by atoms with van der Waals surface area (Å²) in [5, 5.41) is 13.3. The number of ether oxygens (including phenoxy) is 2. The Kier molecular flexibility index (Phi) is 6.83. The first-order valence-corrected chi connectivity index (χ1v) is 9.95. The number of fused-ring (bicyclic) bond motifs is 1. The Labute approximate surface area is 177 Å². The van der Waals surface area contributed by atoms with Crippen LogP contribution in [0.25, 0.3) is 0 Å². The van der Waals surface area contributed by atoms with Crippen LogP contribution in [0, 0.1) is 22.0 Å². The number of methoxy groups -OCH3 is 1. The van der Waals surface area contributed by atoms with Crippen molar-refractivity contribution in [1.82, 2.24) is 4.90 Å². The molecule has 31 heavy (non-hydrogen) atoms. The molecule has 11 nitrogen and oxygen atoms in total. The second kappa shape index (κ2) is 9.54. The van der Waals surface area contributed by atoms with E-state index >= 15 is 0 Å². The van der Waals surface area contributed by atoms with Crippen LogP contribution in [0.2, 0.25) is 0 Å². The molecule has 1 aromatic carbocycles. The summed E-state index contributed by atoms with van der Waals surface area (Å²) in [5.74, 6) is -2.32. The molecule has 0 unspecified atom stereocenters. The number of nitro benzene ring substituents is 1. The molecule has 0 spiro atoms. The molecule has 1 saturated heterocycles. The Morgan fingerprint density at radius 3 is 2.42 bits per heavy atom.